The van der Waals surface area contributed by atoms with Gasteiger partial charge in [-0.05, 0) is 18.2 Å². The van der Waals surface area contributed by atoms with E-state index < -0.39 is 11.8 Å². The minimum atomic E-state index is -0.485. The van der Waals surface area contributed by atoms with Crippen molar-refractivity contribution in [3.63, 3.8) is 0 Å². The minimum absolute atomic E-state index is 0.246. The molecule has 30 heavy (non-hydrogen) atoms. The fraction of sp³-hybridized carbons (Fsp3) is 0.0476. The lowest BCUT2D eigenvalue weighted by Crippen LogP contribution is -2.34. The van der Waals surface area contributed by atoms with Crippen LogP contribution in [0.4, 0.5) is 0 Å². The lowest BCUT2D eigenvalue weighted by atomic mass is 10.2. The van der Waals surface area contributed by atoms with E-state index >= 15 is 0 Å². The number of thiophene rings is 1. The number of para-hydroxylation sites is 1. The summed E-state index contributed by atoms with van der Waals surface area (Å²) in [6.45, 7) is -0.246. The molecule has 2 aromatic carbocycles. The summed E-state index contributed by atoms with van der Waals surface area (Å²) in [5.74, 6) is -0.899. The third kappa shape index (κ3) is 4.28. The van der Waals surface area contributed by atoms with Gasteiger partial charge in [0.25, 0.3) is 11.8 Å². The molecule has 0 bridgehead atoms. The van der Waals surface area contributed by atoms with Gasteiger partial charge in [-0.2, -0.15) is 5.10 Å². The highest BCUT2D eigenvalue weighted by Gasteiger charge is 2.17. The molecule has 150 valence electrons. The van der Waals surface area contributed by atoms with Crippen LogP contribution in [-0.4, -0.2) is 29.6 Å². The van der Waals surface area contributed by atoms with Gasteiger partial charge in [0.15, 0.2) is 0 Å². The van der Waals surface area contributed by atoms with E-state index in [2.05, 4.69) is 20.8 Å². The lowest BCUT2D eigenvalue weighted by molar-refractivity contribution is -0.120. The predicted octanol–water partition coefficient (Wildman–Crippen LogP) is 4.64. The molecule has 0 saturated carbocycles. The number of pyridine rings is 1. The molecule has 2 N–H and O–H groups in total. The van der Waals surface area contributed by atoms with E-state index in [1.807, 2.05) is 54.6 Å². The molecule has 2 amide bonds. The molecule has 9 heteroatoms. The van der Waals surface area contributed by atoms with E-state index in [-0.39, 0.29) is 11.7 Å². The van der Waals surface area contributed by atoms with Crippen molar-refractivity contribution >= 4 is 73.6 Å². The Morgan fingerprint density at radius 1 is 1.10 bits per heavy atom. The molecule has 0 saturated heterocycles. The second-order valence-corrected chi connectivity index (χ2v) is 8.07. The molecular weight excluding hydrogens is 443 g/mol. The van der Waals surface area contributed by atoms with Crippen LogP contribution in [0, 0.1) is 0 Å². The second kappa shape index (κ2) is 8.79. The Kier molecular flexibility index (Phi) is 5.94. The minimum Gasteiger partial charge on any atom is -0.342 e. The van der Waals surface area contributed by atoms with Gasteiger partial charge in [0, 0.05) is 21.0 Å². The molecule has 2 aromatic heterocycles. The summed E-state index contributed by atoms with van der Waals surface area (Å²) in [5.41, 5.74) is 3.69. The molecule has 4 aromatic rings. The van der Waals surface area contributed by atoms with Gasteiger partial charge >= 0.3 is 0 Å². The summed E-state index contributed by atoms with van der Waals surface area (Å²) in [7, 11) is 0. The summed E-state index contributed by atoms with van der Waals surface area (Å²) < 4.78 is 0.905. The Morgan fingerprint density at radius 2 is 1.87 bits per heavy atom. The first-order chi connectivity index (χ1) is 14.5. The second-order valence-electron chi connectivity index (χ2n) is 6.28. The monoisotopic (exact) mass is 456 g/mol. The van der Waals surface area contributed by atoms with Crippen LogP contribution in [0.1, 0.15) is 15.2 Å². The average Bonchev–Trinajstić information content (AvgIpc) is 3.09. The van der Waals surface area contributed by atoms with Crippen LogP contribution in [0.5, 0.6) is 0 Å². The number of hydrogen-bond acceptors (Lipinski definition) is 5. The Hall–Kier alpha value is -3.00. The Bertz CT molecular complexity index is 1300. The fourth-order valence-electron chi connectivity index (χ4n) is 2.81. The molecule has 2 heterocycles. The standard InChI is InChI=1S/C21H14Cl2N4O2S/c22-18-14-6-2-4-8-16(14)30-19(18)21(29)24-11-17(28)27-25-10-13-9-12-5-1-3-7-15(12)26-20(13)23/h1-10H,11H2,(H,24,29)(H,27,28). The summed E-state index contributed by atoms with van der Waals surface area (Å²) in [6.07, 6.45) is 1.41. The highest BCUT2D eigenvalue weighted by molar-refractivity contribution is 7.21. The Balaban J connectivity index is 1.36. The van der Waals surface area contributed by atoms with Crippen LogP contribution < -0.4 is 10.7 Å². The van der Waals surface area contributed by atoms with Crippen LogP contribution in [0.15, 0.2) is 59.7 Å². The van der Waals surface area contributed by atoms with Crippen molar-refractivity contribution in [2.24, 2.45) is 5.10 Å². The Morgan fingerprint density at radius 3 is 2.70 bits per heavy atom. The zero-order valence-electron chi connectivity index (χ0n) is 15.4. The van der Waals surface area contributed by atoms with E-state index in [0.29, 0.717) is 15.5 Å². The highest BCUT2D eigenvalue weighted by Crippen LogP contribution is 2.34. The maximum atomic E-state index is 12.4. The molecule has 0 aliphatic rings. The van der Waals surface area contributed by atoms with Crippen LogP contribution in [0.3, 0.4) is 0 Å². The van der Waals surface area contributed by atoms with Gasteiger partial charge in [0.1, 0.15) is 10.0 Å². The number of nitrogens with zero attached hydrogens (tertiary/aromatic N) is 2. The maximum absolute atomic E-state index is 12.4. The third-order valence-electron chi connectivity index (χ3n) is 4.25. The van der Waals surface area contributed by atoms with Gasteiger partial charge in [0.05, 0.1) is 23.3 Å². The van der Waals surface area contributed by atoms with Gasteiger partial charge in [-0.1, -0.05) is 59.6 Å². The highest BCUT2D eigenvalue weighted by atomic mass is 35.5. The van der Waals surface area contributed by atoms with Gasteiger partial charge in [-0.15, -0.1) is 11.3 Å². The molecule has 0 radical (unpaired) electrons. The number of rotatable bonds is 5. The molecule has 0 unspecified atom stereocenters. The first-order valence-corrected chi connectivity index (χ1v) is 10.4. The normalized spacial score (nSPS) is 11.3. The molecular formula is C21H14Cl2N4O2S. The average molecular weight is 457 g/mol. The van der Waals surface area contributed by atoms with Gasteiger partial charge in [0.2, 0.25) is 0 Å². The third-order valence-corrected chi connectivity index (χ3v) is 6.23. The number of hydrazone groups is 1. The summed E-state index contributed by atoms with van der Waals surface area (Å²) in [5, 5.41) is 8.81. The van der Waals surface area contributed by atoms with Crippen molar-refractivity contribution in [1.82, 2.24) is 15.7 Å². The van der Waals surface area contributed by atoms with Crippen LogP contribution in [0.25, 0.3) is 21.0 Å². The molecule has 0 aliphatic heterocycles. The number of carbonyl (C=O) groups is 2. The first kappa shape index (κ1) is 20.3. The largest absolute Gasteiger partial charge is 0.342 e. The van der Waals surface area contributed by atoms with Crippen molar-refractivity contribution in [2.45, 2.75) is 0 Å². The van der Waals surface area contributed by atoms with Crippen molar-refractivity contribution in [3.05, 3.63) is 75.2 Å². The van der Waals surface area contributed by atoms with Gasteiger partial charge in [-0.3, -0.25) is 9.59 Å². The number of hydrogen-bond donors (Lipinski definition) is 2. The molecule has 0 spiro atoms. The molecule has 4 rings (SSSR count). The number of aromatic nitrogens is 1. The number of benzene rings is 2. The molecule has 0 aliphatic carbocycles. The van der Waals surface area contributed by atoms with E-state index in [4.69, 9.17) is 23.2 Å². The first-order valence-electron chi connectivity index (χ1n) is 8.85. The molecule has 6 nitrogen and oxygen atoms in total. The number of carbonyl (C=O) groups excluding carboxylic acids is 2. The maximum Gasteiger partial charge on any atom is 0.263 e. The zero-order chi connectivity index (χ0) is 21.1. The van der Waals surface area contributed by atoms with Crippen molar-refractivity contribution in [2.75, 3.05) is 6.54 Å². The predicted molar refractivity (Wildman–Crippen MR) is 122 cm³/mol. The fourth-order valence-corrected chi connectivity index (χ4v) is 4.44. The van der Waals surface area contributed by atoms with Crippen LogP contribution in [0.2, 0.25) is 10.2 Å². The van der Waals surface area contributed by atoms with Gasteiger partial charge in [-0.25, -0.2) is 10.4 Å². The number of amides is 2. The number of nitrogens with one attached hydrogen (secondary N) is 2. The lowest BCUT2D eigenvalue weighted by Gasteiger charge is -2.04. The van der Waals surface area contributed by atoms with E-state index in [9.17, 15) is 9.59 Å². The quantitative estimate of drug-likeness (QED) is 0.260. The van der Waals surface area contributed by atoms with E-state index in [1.165, 1.54) is 17.6 Å². The van der Waals surface area contributed by atoms with E-state index in [1.54, 1.807) is 0 Å². The topological polar surface area (TPSA) is 83.5 Å². The number of halogens is 2. The Labute approximate surface area is 185 Å². The number of fused-ring (bicyclic) bond motifs is 2. The SMILES string of the molecule is O=C(CNC(=O)c1sc2ccccc2c1Cl)NN=Cc1cc2ccccc2nc1Cl. The smallest absolute Gasteiger partial charge is 0.263 e. The summed E-state index contributed by atoms with van der Waals surface area (Å²) in [4.78, 5) is 29.0. The van der Waals surface area contributed by atoms with Crippen molar-refractivity contribution in [3.8, 4) is 0 Å². The summed E-state index contributed by atoms with van der Waals surface area (Å²) >= 11 is 13.7. The van der Waals surface area contributed by atoms with Crippen molar-refractivity contribution < 1.29 is 9.59 Å². The van der Waals surface area contributed by atoms with Crippen LogP contribution in [-0.2, 0) is 4.79 Å². The molecule has 0 fully saturated rings. The van der Waals surface area contributed by atoms with Crippen molar-refractivity contribution in [1.29, 1.82) is 0 Å². The molecule has 0 atom stereocenters. The summed E-state index contributed by atoms with van der Waals surface area (Å²) in [6, 6.07) is 16.8. The van der Waals surface area contributed by atoms with Gasteiger partial charge < -0.3 is 5.32 Å². The van der Waals surface area contributed by atoms with Crippen LogP contribution >= 0.6 is 34.5 Å². The zero-order valence-corrected chi connectivity index (χ0v) is 17.7. The van der Waals surface area contributed by atoms with E-state index in [0.717, 1.165) is 21.0 Å².